The number of hydrogen-bond acceptors (Lipinski definition) is 8. The molecule has 2 aromatic heterocycles. The summed E-state index contributed by atoms with van der Waals surface area (Å²) in [7, 11) is 3.17. The molecule has 1 saturated heterocycles. The van der Waals surface area contributed by atoms with Crippen LogP contribution < -0.4 is 14.4 Å². The number of carbonyl (C=O) groups excluding carboxylic acids is 1. The molecule has 1 fully saturated rings. The Morgan fingerprint density at radius 1 is 1.06 bits per heavy atom. The van der Waals surface area contributed by atoms with E-state index in [1.54, 1.807) is 27.2 Å². The Morgan fingerprint density at radius 3 is 2.45 bits per heavy atom. The second kappa shape index (κ2) is 10.3. The highest BCUT2D eigenvalue weighted by molar-refractivity contribution is 5.96. The number of methoxy groups -OCH3 is 2. The van der Waals surface area contributed by atoms with Crippen LogP contribution >= 0.6 is 0 Å². The molecule has 3 heterocycles. The molecule has 4 rings (SSSR count). The van der Waals surface area contributed by atoms with Crippen LogP contribution in [0.3, 0.4) is 0 Å². The van der Waals surface area contributed by atoms with Crippen LogP contribution in [0.4, 0.5) is 5.69 Å². The van der Waals surface area contributed by atoms with Gasteiger partial charge < -0.3 is 23.8 Å². The molecular formula is C25H27N3O5. The molecule has 3 aromatic rings. The van der Waals surface area contributed by atoms with Gasteiger partial charge in [0, 0.05) is 30.8 Å². The molecule has 0 spiro atoms. The Balaban J connectivity index is 1.80. The first-order chi connectivity index (χ1) is 16.1. The van der Waals surface area contributed by atoms with Crippen LogP contribution in [0.5, 0.6) is 11.5 Å². The monoisotopic (exact) mass is 449 g/mol. The first-order valence-electron chi connectivity index (χ1n) is 10.8. The van der Waals surface area contributed by atoms with Gasteiger partial charge in [-0.2, -0.15) is 0 Å². The molecule has 8 nitrogen and oxygen atoms in total. The SMILES string of the molecule is CCOC(=O)C=C(c1cc(OC)cc(OC)c1)c1ccc2ncc(N3CCOCC3)cc2n1. The van der Waals surface area contributed by atoms with Gasteiger partial charge in [-0.1, -0.05) is 0 Å². The van der Waals surface area contributed by atoms with Crippen LogP contribution in [0.1, 0.15) is 18.2 Å². The number of carbonyl (C=O) groups is 1. The van der Waals surface area contributed by atoms with E-state index < -0.39 is 5.97 Å². The average Bonchev–Trinajstić information content (AvgIpc) is 2.87. The number of aromatic nitrogens is 2. The van der Waals surface area contributed by atoms with Gasteiger partial charge in [0.1, 0.15) is 11.5 Å². The van der Waals surface area contributed by atoms with Gasteiger partial charge in [0.05, 0.1) is 62.7 Å². The Kier molecular flexibility index (Phi) is 7.04. The standard InChI is InChI=1S/C25H27N3O5/c1-4-33-25(29)15-21(17-11-19(30-2)14-20(12-17)31-3)22-5-6-23-24(27-22)13-18(16-26-23)28-7-9-32-10-8-28/h5-6,11-16H,4,7-10H2,1-3H3. The zero-order valence-electron chi connectivity index (χ0n) is 19.0. The topological polar surface area (TPSA) is 83.0 Å². The van der Waals surface area contributed by atoms with Gasteiger partial charge >= 0.3 is 5.97 Å². The maximum atomic E-state index is 12.4. The highest BCUT2D eigenvalue weighted by Crippen LogP contribution is 2.31. The fraction of sp³-hybridized carbons (Fsp3) is 0.320. The molecule has 172 valence electrons. The van der Waals surface area contributed by atoms with Crippen molar-refractivity contribution >= 4 is 28.3 Å². The Bertz CT molecular complexity index is 1150. The summed E-state index contributed by atoms with van der Waals surface area (Å²) in [4.78, 5) is 24.1. The van der Waals surface area contributed by atoms with Gasteiger partial charge in [-0.25, -0.2) is 9.78 Å². The van der Waals surface area contributed by atoms with Crippen molar-refractivity contribution in [2.45, 2.75) is 6.92 Å². The van der Waals surface area contributed by atoms with Gasteiger partial charge in [-0.05, 0) is 42.8 Å². The third kappa shape index (κ3) is 5.23. The van der Waals surface area contributed by atoms with E-state index in [2.05, 4.69) is 9.88 Å². The zero-order valence-corrected chi connectivity index (χ0v) is 19.0. The molecule has 0 radical (unpaired) electrons. The van der Waals surface area contributed by atoms with Crippen molar-refractivity contribution in [3.8, 4) is 11.5 Å². The van der Waals surface area contributed by atoms with E-state index in [1.807, 2.05) is 36.5 Å². The molecule has 0 N–H and O–H groups in total. The summed E-state index contributed by atoms with van der Waals surface area (Å²) in [5, 5.41) is 0. The molecule has 8 heteroatoms. The molecule has 0 unspecified atom stereocenters. The highest BCUT2D eigenvalue weighted by Gasteiger charge is 2.16. The van der Waals surface area contributed by atoms with Gasteiger partial charge in [0.25, 0.3) is 0 Å². The summed E-state index contributed by atoms with van der Waals surface area (Å²) in [5.41, 5.74) is 4.45. The van der Waals surface area contributed by atoms with Crippen LogP contribution in [-0.4, -0.2) is 63.1 Å². The van der Waals surface area contributed by atoms with Crippen molar-refractivity contribution < 1.29 is 23.7 Å². The van der Waals surface area contributed by atoms with Crippen molar-refractivity contribution in [1.82, 2.24) is 9.97 Å². The Labute approximate surface area is 192 Å². The van der Waals surface area contributed by atoms with Crippen molar-refractivity contribution in [2.24, 2.45) is 0 Å². The highest BCUT2D eigenvalue weighted by atomic mass is 16.5. The number of anilines is 1. The van der Waals surface area contributed by atoms with Gasteiger partial charge in [-0.3, -0.25) is 4.98 Å². The molecule has 1 aliphatic heterocycles. The summed E-state index contributed by atoms with van der Waals surface area (Å²) in [6.07, 6.45) is 3.31. The molecular weight excluding hydrogens is 422 g/mol. The predicted octanol–water partition coefficient (Wildman–Crippen LogP) is 3.48. The zero-order chi connectivity index (χ0) is 23.2. The normalized spacial score (nSPS) is 14.3. The molecule has 1 aliphatic rings. The van der Waals surface area contributed by atoms with Gasteiger partial charge in [0.2, 0.25) is 0 Å². The minimum Gasteiger partial charge on any atom is -0.497 e. The lowest BCUT2D eigenvalue weighted by Crippen LogP contribution is -2.36. The molecule has 0 aliphatic carbocycles. The van der Waals surface area contributed by atoms with E-state index in [1.165, 1.54) is 6.08 Å². The van der Waals surface area contributed by atoms with Crippen molar-refractivity contribution in [3.05, 3.63) is 59.9 Å². The summed E-state index contributed by atoms with van der Waals surface area (Å²) < 4.78 is 21.5. The minimum absolute atomic E-state index is 0.280. The number of benzene rings is 1. The quantitative estimate of drug-likeness (QED) is 0.401. The lowest BCUT2D eigenvalue weighted by atomic mass is 10.0. The van der Waals surface area contributed by atoms with Crippen LogP contribution in [-0.2, 0) is 14.3 Å². The Hall–Kier alpha value is -3.65. The number of rotatable bonds is 7. The number of fused-ring (bicyclic) bond motifs is 1. The second-order valence-electron chi connectivity index (χ2n) is 7.44. The van der Waals surface area contributed by atoms with Crippen molar-refractivity contribution in [1.29, 1.82) is 0 Å². The van der Waals surface area contributed by atoms with E-state index >= 15 is 0 Å². The van der Waals surface area contributed by atoms with Crippen LogP contribution in [0.25, 0.3) is 16.6 Å². The van der Waals surface area contributed by atoms with Crippen LogP contribution in [0, 0.1) is 0 Å². The molecule has 33 heavy (non-hydrogen) atoms. The minimum atomic E-state index is -0.448. The molecule has 0 amide bonds. The second-order valence-corrected chi connectivity index (χ2v) is 7.44. The van der Waals surface area contributed by atoms with Crippen LogP contribution in [0.15, 0.2) is 48.7 Å². The maximum absolute atomic E-state index is 12.4. The van der Waals surface area contributed by atoms with Gasteiger partial charge in [-0.15, -0.1) is 0 Å². The lowest BCUT2D eigenvalue weighted by molar-refractivity contribution is -0.137. The third-order valence-electron chi connectivity index (χ3n) is 5.39. The largest absolute Gasteiger partial charge is 0.497 e. The summed E-state index contributed by atoms with van der Waals surface area (Å²) >= 11 is 0. The van der Waals surface area contributed by atoms with Crippen molar-refractivity contribution in [3.63, 3.8) is 0 Å². The summed E-state index contributed by atoms with van der Waals surface area (Å²) in [6, 6.07) is 11.2. The number of nitrogens with zero attached hydrogens (tertiary/aromatic N) is 3. The first-order valence-corrected chi connectivity index (χ1v) is 10.8. The van der Waals surface area contributed by atoms with Gasteiger partial charge in [0.15, 0.2) is 0 Å². The Morgan fingerprint density at radius 2 is 1.79 bits per heavy atom. The molecule has 1 aromatic carbocycles. The molecule has 0 saturated carbocycles. The lowest BCUT2D eigenvalue weighted by Gasteiger charge is -2.28. The molecule has 0 bridgehead atoms. The van der Waals surface area contributed by atoms with Crippen LogP contribution in [0.2, 0.25) is 0 Å². The van der Waals surface area contributed by atoms with E-state index in [0.717, 1.165) is 35.4 Å². The van der Waals surface area contributed by atoms with E-state index in [9.17, 15) is 4.79 Å². The smallest absolute Gasteiger partial charge is 0.331 e. The number of esters is 1. The number of ether oxygens (including phenoxy) is 4. The fourth-order valence-electron chi connectivity index (χ4n) is 3.71. The van der Waals surface area contributed by atoms with E-state index in [0.29, 0.717) is 36.0 Å². The number of hydrogen-bond donors (Lipinski definition) is 0. The maximum Gasteiger partial charge on any atom is 0.331 e. The summed E-state index contributed by atoms with van der Waals surface area (Å²) in [6.45, 7) is 5.05. The molecule has 0 atom stereocenters. The summed E-state index contributed by atoms with van der Waals surface area (Å²) in [5.74, 6) is 0.767. The number of morpholine rings is 1. The number of pyridine rings is 2. The first kappa shape index (κ1) is 22.5. The van der Waals surface area contributed by atoms with E-state index in [-0.39, 0.29) is 6.61 Å². The fourth-order valence-corrected chi connectivity index (χ4v) is 3.71. The third-order valence-corrected chi connectivity index (χ3v) is 5.39. The van der Waals surface area contributed by atoms with Crippen molar-refractivity contribution in [2.75, 3.05) is 52.0 Å². The van der Waals surface area contributed by atoms with E-state index in [4.69, 9.17) is 23.9 Å². The predicted molar refractivity (Wildman–Crippen MR) is 126 cm³/mol. The average molecular weight is 450 g/mol.